The lowest BCUT2D eigenvalue weighted by atomic mass is 10.1. The Labute approximate surface area is 116 Å². The van der Waals surface area contributed by atoms with E-state index >= 15 is 0 Å². The molecular formula is C12H18BrO4P. The van der Waals surface area contributed by atoms with E-state index in [2.05, 4.69) is 15.9 Å². The van der Waals surface area contributed by atoms with Gasteiger partial charge in [0, 0.05) is 0 Å². The van der Waals surface area contributed by atoms with Crippen molar-refractivity contribution in [2.45, 2.75) is 24.8 Å². The highest BCUT2D eigenvalue weighted by Gasteiger charge is 2.46. The van der Waals surface area contributed by atoms with Gasteiger partial charge in [0.15, 0.2) is 0 Å². The van der Waals surface area contributed by atoms with Crippen molar-refractivity contribution in [2.24, 2.45) is 0 Å². The normalized spacial score (nSPS) is 15.3. The molecular weight excluding hydrogens is 319 g/mol. The van der Waals surface area contributed by atoms with Gasteiger partial charge >= 0.3 is 7.60 Å². The Morgan fingerprint density at radius 3 is 2.33 bits per heavy atom. The molecule has 1 N–H and O–H groups in total. The maximum absolute atomic E-state index is 12.8. The summed E-state index contributed by atoms with van der Waals surface area (Å²) in [6.45, 7) is 5.82. The summed E-state index contributed by atoms with van der Waals surface area (Å²) >= 11 is 3.42. The molecule has 0 aliphatic carbocycles. The number of aromatic hydroxyl groups is 1. The molecule has 1 aromatic carbocycles. The van der Waals surface area contributed by atoms with Gasteiger partial charge in [-0.2, -0.15) is 0 Å². The van der Waals surface area contributed by atoms with Crippen LogP contribution < -0.4 is 0 Å². The highest BCUT2D eigenvalue weighted by molar-refractivity contribution is 9.10. The number of phenols is 1. The van der Waals surface area contributed by atoms with Gasteiger partial charge < -0.3 is 14.2 Å². The van der Waals surface area contributed by atoms with Gasteiger partial charge in [0.05, 0.1) is 13.2 Å². The van der Waals surface area contributed by atoms with Crippen LogP contribution in [0.15, 0.2) is 24.3 Å². The SMILES string of the molecule is CCOP(=O)(OCC)C(C)(Br)c1cccc(O)c1. The minimum atomic E-state index is -3.36. The summed E-state index contributed by atoms with van der Waals surface area (Å²) in [5.74, 6) is 0.109. The van der Waals surface area contributed by atoms with Gasteiger partial charge in [0.25, 0.3) is 0 Å². The summed E-state index contributed by atoms with van der Waals surface area (Å²) in [6.07, 6.45) is 0. The fourth-order valence-electron chi connectivity index (χ4n) is 1.57. The third kappa shape index (κ3) is 3.15. The minimum absolute atomic E-state index is 0.109. The first-order valence-electron chi connectivity index (χ1n) is 5.75. The van der Waals surface area contributed by atoms with Crippen LogP contribution in [0.5, 0.6) is 5.75 Å². The first-order chi connectivity index (χ1) is 8.37. The molecule has 0 heterocycles. The van der Waals surface area contributed by atoms with Crippen molar-refractivity contribution in [1.82, 2.24) is 0 Å². The van der Waals surface area contributed by atoms with Gasteiger partial charge in [-0.25, -0.2) is 0 Å². The first kappa shape index (κ1) is 15.7. The predicted molar refractivity (Wildman–Crippen MR) is 75.2 cm³/mol. The Morgan fingerprint density at radius 1 is 1.33 bits per heavy atom. The van der Waals surface area contributed by atoms with E-state index in [1.807, 2.05) is 0 Å². The van der Waals surface area contributed by atoms with Gasteiger partial charge in [-0.05, 0) is 38.5 Å². The van der Waals surface area contributed by atoms with E-state index in [-0.39, 0.29) is 19.0 Å². The van der Waals surface area contributed by atoms with E-state index in [4.69, 9.17) is 9.05 Å². The molecule has 0 radical (unpaired) electrons. The Morgan fingerprint density at radius 2 is 1.89 bits per heavy atom. The van der Waals surface area contributed by atoms with Crippen molar-refractivity contribution in [3.63, 3.8) is 0 Å². The van der Waals surface area contributed by atoms with Crippen LogP contribution in [0.25, 0.3) is 0 Å². The number of hydrogen-bond acceptors (Lipinski definition) is 4. The lowest BCUT2D eigenvalue weighted by molar-refractivity contribution is 0.210. The third-order valence-electron chi connectivity index (χ3n) is 2.49. The zero-order chi connectivity index (χ0) is 13.8. The Balaban J connectivity index is 3.20. The molecule has 0 aromatic heterocycles. The number of benzene rings is 1. The highest BCUT2D eigenvalue weighted by atomic mass is 79.9. The van der Waals surface area contributed by atoms with Gasteiger partial charge in [0.1, 0.15) is 9.81 Å². The molecule has 1 rings (SSSR count). The average Bonchev–Trinajstić information content (AvgIpc) is 2.29. The van der Waals surface area contributed by atoms with Crippen LogP contribution >= 0.6 is 23.5 Å². The standard InChI is InChI=1S/C12H18BrO4P/c1-4-16-18(15,17-5-2)12(3,13)10-7-6-8-11(14)9-10/h6-9,14H,4-5H2,1-3H3. The Hall–Kier alpha value is -0.350. The number of hydrogen-bond donors (Lipinski definition) is 1. The molecule has 0 amide bonds. The molecule has 0 spiro atoms. The summed E-state index contributed by atoms with van der Waals surface area (Å²) in [4.78, 5) is 0. The van der Waals surface area contributed by atoms with E-state index in [0.29, 0.717) is 5.56 Å². The monoisotopic (exact) mass is 336 g/mol. The molecule has 0 saturated heterocycles. The van der Waals surface area contributed by atoms with Crippen LogP contribution in [0.4, 0.5) is 0 Å². The molecule has 0 aliphatic rings. The van der Waals surface area contributed by atoms with E-state index in [1.165, 1.54) is 0 Å². The number of halogens is 1. The minimum Gasteiger partial charge on any atom is -0.508 e. The van der Waals surface area contributed by atoms with Crippen molar-refractivity contribution in [1.29, 1.82) is 0 Å². The topological polar surface area (TPSA) is 55.8 Å². The molecule has 18 heavy (non-hydrogen) atoms. The zero-order valence-electron chi connectivity index (χ0n) is 10.7. The van der Waals surface area contributed by atoms with Gasteiger partial charge in [-0.3, -0.25) is 4.57 Å². The molecule has 1 unspecified atom stereocenters. The molecule has 0 bridgehead atoms. The third-order valence-corrected chi connectivity index (χ3v) is 6.73. The van der Waals surface area contributed by atoms with E-state index in [0.717, 1.165) is 0 Å². The van der Waals surface area contributed by atoms with Crippen LogP contribution in [0.3, 0.4) is 0 Å². The Bertz CT molecular complexity index is 437. The van der Waals surface area contributed by atoms with E-state index in [9.17, 15) is 9.67 Å². The molecule has 102 valence electrons. The maximum atomic E-state index is 12.8. The van der Waals surface area contributed by atoms with Crippen LogP contribution in [-0.4, -0.2) is 18.3 Å². The number of phenolic OH excluding ortho intramolecular Hbond substituents is 1. The second kappa shape index (κ2) is 6.20. The first-order valence-corrected chi connectivity index (χ1v) is 8.08. The predicted octanol–water partition coefficient (Wildman–Crippen LogP) is 4.23. The van der Waals surface area contributed by atoms with Gasteiger partial charge in [-0.15, -0.1) is 0 Å². The summed E-state index contributed by atoms with van der Waals surface area (Å²) in [5, 5.41) is 9.51. The van der Waals surface area contributed by atoms with E-state index in [1.54, 1.807) is 45.0 Å². The molecule has 1 atom stereocenters. The fourth-order valence-corrected chi connectivity index (χ4v) is 4.12. The van der Waals surface area contributed by atoms with Crippen molar-refractivity contribution >= 4 is 23.5 Å². The molecule has 1 aromatic rings. The highest BCUT2D eigenvalue weighted by Crippen LogP contribution is 2.68. The van der Waals surface area contributed by atoms with Gasteiger partial charge in [-0.1, -0.05) is 28.1 Å². The molecule has 4 nitrogen and oxygen atoms in total. The second-order valence-corrected chi connectivity index (χ2v) is 8.44. The molecule has 0 fully saturated rings. The quantitative estimate of drug-likeness (QED) is 0.624. The molecule has 0 aliphatic heterocycles. The molecule has 6 heteroatoms. The lowest BCUT2D eigenvalue weighted by Crippen LogP contribution is -2.17. The van der Waals surface area contributed by atoms with Crippen LogP contribution in [0.2, 0.25) is 0 Å². The number of rotatable bonds is 6. The van der Waals surface area contributed by atoms with Crippen molar-refractivity contribution in [3.8, 4) is 5.75 Å². The summed E-state index contributed by atoms with van der Waals surface area (Å²) in [6, 6.07) is 6.55. The largest absolute Gasteiger partial charge is 0.508 e. The van der Waals surface area contributed by atoms with Crippen LogP contribution in [0, 0.1) is 0 Å². The lowest BCUT2D eigenvalue weighted by Gasteiger charge is -2.31. The van der Waals surface area contributed by atoms with Crippen molar-refractivity contribution in [3.05, 3.63) is 29.8 Å². The smallest absolute Gasteiger partial charge is 0.351 e. The average molecular weight is 337 g/mol. The summed E-state index contributed by atoms with van der Waals surface area (Å²) in [5.41, 5.74) is 0.646. The second-order valence-electron chi connectivity index (χ2n) is 3.84. The summed E-state index contributed by atoms with van der Waals surface area (Å²) in [7, 11) is -3.36. The van der Waals surface area contributed by atoms with Crippen LogP contribution in [0.1, 0.15) is 26.3 Å². The van der Waals surface area contributed by atoms with E-state index < -0.39 is 11.7 Å². The Kier molecular flexibility index (Phi) is 5.41. The van der Waals surface area contributed by atoms with Crippen molar-refractivity contribution < 1.29 is 18.7 Å². The molecule has 0 saturated carbocycles. The van der Waals surface area contributed by atoms with Crippen LogP contribution in [-0.2, 0) is 17.7 Å². The maximum Gasteiger partial charge on any atom is 0.351 e. The summed E-state index contributed by atoms with van der Waals surface area (Å²) < 4.78 is 22.4. The zero-order valence-corrected chi connectivity index (χ0v) is 13.2. The fraction of sp³-hybridized carbons (Fsp3) is 0.500. The number of alkyl halides is 1. The van der Waals surface area contributed by atoms with Crippen molar-refractivity contribution in [2.75, 3.05) is 13.2 Å². The van der Waals surface area contributed by atoms with Gasteiger partial charge in [0.2, 0.25) is 0 Å².